The maximum Gasteiger partial charge on any atom is 0.243 e. The first-order valence-corrected chi connectivity index (χ1v) is 10.3. The van der Waals surface area contributed by atoms with Gasteiger partial charge >= 0.3 is 0 Å². The molecule has 2 atom stereocenters. The molecule has 1 N–H and O–H groups in total. The molecule has 1 aliphatic rings. The number of carboxylic acids is 1. The van der Waals surface area contributed by atoms with Crippen molar-refractivity contribution in [3.8, 4) is 0 Å². The van der Waals surface area contributed by atoms with E-state index < -0.39 is 28.0 Å². The number of nitrogens with one attached hydrogen (secondary N) is 1. The smallest absolute Gasteiger partial charge is 0.243 e. The number of aliphatic carboxylic acids is 1. The summed E-state index contributed by atoms with van der Waals surface area (Å²) in [5.41, 5.74) is 0. The number of amides is 1. The fourth-order valence-electron chi connectivity index (χ4n) is 3.04. The third-order valence-corrected chi connectivity index (χ3v) is 6.88. The normalized spacial score (nSPS) is 18.8. The predicted molar refractivity (Wildman–Crippen MR) is 94.3 cm³/mol. The van der Waals surface area contributed by atoms with Gasteiger partial charge in [0, 0.05) is 19.0 Å². The number of piperidine rings is 1. The Labute approximate surface area is 154 Å². The zero-order chi connectivity index (χ0) is 19.3. The molecule has 0 unspecified atom stereocenters. The average molecular weight is 381 g/mol. The summed E-state index contributed by atoms with van der Waals surface area (Å²) in [6.07, 6.45) is 1.32. The Bertz CT molecular complexity index is 727. The lowest BCUT2D eigenvalue weighted by Gasteiger charge is -2.32. The molecule has 0 aromatic heterocycles. The molecule has 144 valence electrons. The van der Waals surface area contributed by atoms with Crippen LogP contribution in [0.3, 0.4) is 0 Å². The van der Waals surface area contributed by atoms with E-state index in [1.54, 1.807) is 37.3 Å². The second-order valence-corrected chi connectivity index (χ2v) is 8.62. The topological polar surface area (TPSA) is 107 Å². The van der Waals surface area contributed by atoms with Gasteiger partial charge in [0.05, 0.1) is 16.9 Å². The minimum Gasteiger partial charge on any atom is -0.548 e. The minimum atomic E-state index is -3.57. The molecule has 1 amide bonds. The summed E-state index contributed by atoms with van der Waals surface area (Å²) in [5, 5.41) is 13.8. The van der Waals surface area contributed by atoms with E-state index in [9.17, 15) is 23.1 Å². The second kappa shape index (κ2) is 8.64. The number of carboxylic acid groups (broad SMARTS) is 1. The predicted octanol–water partition coefficient (Wildman–Crippen LogP) is 0.368. The molecule has 1 fully saturated rings. The van der Waals surface area contributed by atoms with Gasteiger partial charge in [-0.05, 0) is 30.9 Å². The van der Waals surface area contributed by atoms with E-state index >= 15 is 0 Å². The van der Waals surface area contributed by atoms with Gasteiger partial charge in [-0.3, -0.25) is 4.79 Å². The van der Waals surface area contributed by atoms with E-state index in [1.807, 2.05) is 6.92 Å². The number of carbonyl (C=O) groups is 2. The van der Waals surface area contributed by atoms with Crippen molar-refractivity contribution in [2.24, 2.45) is 11.8 Å². The van der Waals surface area contributed by atoms with Gasteiger partial charge in [-0.2, -0.15) is 4.31 Å². The van der Waals surface area contributed by atoms with Crippen LogP contribution in [0.4, 0.5) is 0 Å². The Morgan fingerprint density at radius 3 is 2.31 bits per heavy atom. The van der Waals surface area contributed by atoms with Crippen LogP contribution in [0.25, 0.3) is 0 Å². The lowest BCUT2D eigenvalue weighted by Crippen LogP contribution is -2.53. The average Bonchev–Trinajstić information content (AvgIpc) is 2.65. The lowest BCUT2D eigenvalue weighted by molar-refractivity contribution is -0.309. The second-order valence-electron chi connectivity index (χ2n) is 6.68. The number of sulfonamides is 1. The van der Waals surface area contributed by atoms with E-state index in [0.29, 0.717) is 19.3 Å². The fraction of sp³-hybridized carbons (Fsp3) is 0.556. The van der Waals surface area contributed by atoms with Gasteiger partial charge in [0.25, 0.3) is 0 Å². The molecule has 1 aromatic rings. The van der Waals surface area contributed by atoms with Crippen molar-refractivity contribution in [1.29, 1.82) is 0 Å². The van der Waals surface area contributed by atoms with E-state index in [0.717, 1.165) is 0 Å². The van der Waals surface area contributed by atoms with Crippen molar-refractivity contribution in [3.63, 3.8) is 0 Å². The van der Waals surface area contributed by atoms with Gasteiger partial charge in [-0.25, -0.2) is 8.42 Å². The van der Waals surface area contributed by atoms with Crippen LogP contribution in [0, 0.1) is 11.8 Å². The third kappa shape index (κ3) is 4.62. The van der Waals surface area contributed by atoms with Gasteiger partial charge in [0.15, 0.2) is 0 Å². The SMILES string of the molecule is CC[C@@H](C)[C@H](NC(=O)C1CCN(S(=O)(=O)c2ccccc2)CC1)C(=O)[O-]. The van der Waals surface area contributed by atoms with E-state index in [2.05, 4.69) is 5.32 Å². The molecular weight excluding hydrogens is 356 g/mol. The summed E-state index contributed by atoms with van der Waals surface area (Å²) in [7, 11) is -3.57. The molecule has 1 heterocycles. The van der Waals surface area contributed by atoms with Crippen molar-refractivity contribution in [2.45, 2.75) is 44.0 Å². The molecular formula is C18H25N2O5S-. The number of hydrogen-bond donors (Lipinski definition) is 1. The first-order valence-electron chi connectivity index (χ1n) is 8.83. The van der Waals surface area contributed by atoms with Crippen molar-refractivity contribution in [1.82, 2.24) is 9.62 Å². The van der Waals surface area contributed by atoms with Gasteiger partial charge in [-0.1, -0.05) is 38.5 Å². The molecule has 1 aliphatic heterocycles. The molecule has 0 spiro atoms. The summed E-state index contributed by atoms with van der Waals surface area (Å²) in [6, 6.07) is 7.15. The fourth-order valence-corrected chi connectivity index (χ4v) is 4.53. The van der Waals surface area contributed by atoms with E-state index in [1.165, 1.54) is 4.31 Å². The largest absolute Gasteiger partial charge is 0.548 e. The minimum absolute atomic E-state index is 0.231. The Balaban J connectivity index is 1.97. The lowest BCUT2D eigenvalue weighted by atomic mass is 9.94. The zero-order valence-electron chi connectivity index (χ0n) is 15.1. The molecule has 8 heteroatoms. The summed E-state index contributed by atoms with van der Waals surface area (Å²) >= 11 is 0. The number of rotatable bonds is 7. The third-order valence-electron chi connectivity index (χ3n) is 4.97. The number of benzene rings is 1. The summed E-state index contributed by atoms with van der Waals surface area (Å²) in [6.45, 7) is 4.05. The number of carbonyl (C=O) groups excluding carboxylic acids is 2. The van der Waals surface area contributed by atoms with Gasteiger partial charge < -0.3 is 15.2 Å². The van der Waals surface area contributed by atoms with Crippen LogP contribution in [-0.2, 0) is 19.6 Å². The van der Waals surface area contributed by atoms with Crippen molar-refractivity contribution in [3.05, 3.63) is 30.3 Å². The van der Waals surface area contributed by atoms with Gasteiger partial charge in [0.1, 0.15) is 0 Å². The van der Waals surface area contributed by atoms with Crippen LogP contribution in [0.2, 0.25) is 0 Å². The highest BCUT2D eigenvalue weighted by Gasteiger charge is 2.33. The van der Waals surface area contributed by atoms with Crippen LogP contribution in [0.5, 0.6) is 0 Å². The molecule has 0 aliphatic carbocycles. The van der Waals surface area contributed by atoms with Crippen molar-refractivity contribution in [2.75, 3.05) is 13.1 Å². The van der Waals surface area contributed by atoms with E-state index in [4.69, 9.17) is 0 Å². The quantitative estimate of drug-likeness (QED) is 0.734. The Morgan fingerprint density at radius 1 is 1.23 bits per heavy atom. The highest BCUT2D eigenvalue weighted by molar-refractivity contribution is 7.89. The monoisotopic (exact) mass is 381 g/mol. The number of hydrogen-bond acceptors (Lipinski definition) is 5. The maximum absolute atomic E-state index is 12.6. The van der Waals surface area contributed by atoms with Crippen LogP contribution >= 0.6 is 0 Å². The van der Waals surface area contributed by atoms with Crippen LogP contribution < -0.4 is 10.4 Å². The van der Waals surface area contributed by atoms with Crippen LogP contribution in [-0.4, -0.2) is 43.7 Å². The van der Waals surface area contributed by atoms with Crippen molar-refractivity contribution >= 4 is 21.9 Å². The first kappa shape index (κ1) is 20.4. The standard InChI is InChI=1S/C18H26N2O5S/c1-3-13(2)16(18(22)23)19-17(21)14-9-11-20(12-10-14)26(24,25)15-7-5-4-6-8-15/h4-8,13-14,16H,3,9-12H2,1-2H3,(H,19,21)(H,22,23)/p-1/t13-,16+/m1/s1. The van der Waals surface area contributed by atoms with E-state index in [-0.39, 0.29) is 29.8 Å². The summed E-state index contributed by atoms with van der Waals surface area (Å²) < 4.78 is 26.6. The molecule has 0 radical (unpaired) electrons. The highest BCUT2D eigenvalue weighted by Crippen LogP contribution is 2.24. The molecule has 2 rings (SSSR count). The Morgan fingerprint density at radius 2 is 1.81 bits per heavy atom. The van der Waals surface area contributed by atoms with Crippen molar-refractivity contribution < 1.29 is 23.1 Å². The molecule has 1 saturated heterocycles. The molecule has 26 heavy (non-hydrogen) atoms. The zero-order valence-corrected chi connectivity index (χ0v) is 15.9. The van der Waals surface area contributed by atoms with Gasteiger partial charge in [-0.15, -0.1) is 0 Å². The van der Waals surface area contributed by atoms with Gasteiger partial charge in [0.2, 0.25) is 15.9 Å². The number of nitrogens with zero attached hydrogens (tertiary/aromatic N) is 1. The molecule has 7 nitrogen and oxygen atoms in total. The molecule has 0 saturated carbocycles. The highest BCUT2D eigenvalue weighted by atomic mass is 32.2. The Kier molecular flexibility index (Phi) is 6.77. The molecule has 1 aromatic carbocycles. The summed E-state index contributed by atoms with van der Waals surface area (Å²) in [4.78, 5) is 23.9. The maximum atomic E-state index is 12.6. The van der Waals surface area contributed by atoms with Crippen LogP contribution in [0.1, 0.15) is 33.1 Å². The summed E-state index contributed by atoms with van der Waals surface area (Å²) in [5.74, 6) is -2.28. The Hall–Kier alpha value is -1.93. The first-order chi connectivity index (χ1) is 12.3. The molecule has 0 bridgehead atoms. The van der Waals surface area contributed by atoms with Crippen LogP contribution in [0.15, 0.2) is 35.2 Å².